The summed E-state index contributed by atoms with van der Waals surface area (Å²) in [7, 11) is 2.06. The van der Waals surface area contributed by atoms with Crippen LogP contribution in [0.4, 0.5) is 5.82 Å². The lowest BCUT2D eigenvalue weighted by atomic mass is 10.1. The smallest absolute Gasteiger partial charge is 0.280 e. The molecule has 0 saturated carbocycles. The van der Waals surface area contributed by atoms with Gasteiger partial charge in [-0.2, -0.15) is 15.0 Å². The molecule has 0 bridgehead atoms. The number of halogens is 1. The van der Waals surface area contributed by atoms with Crippen LogP contribution in [-0.2, 0) is 13.2 Å². The number of hydrogen-bond acceptors (Lipinski definition) is 10. The van der Waals surface area contributed by atoms with Gasteiger partial charge in [-0.25, -0.2) is 0 Å². The van der Waals surface area contributed by atoms with Crippen molar-refractivity contribution in [2.75, 3.05) is 38.5 Å². The quantitative estimate of drug-likeness (QED) is 0.238. The predicted molar refractivity (Wildman–Crippen MR) is 180 cm³/mol. The summed E-state index contributed by atoms with van der Waals surface area (Å²) in [6.07, 6.45) is 3.25. The normalized spacial score (nSPS) is 13.7. The second-order valence-electron chi connectivity index (χ2n) is 11.1. The molecule has 0 aliphatic carbocycles. The molecular formula is C33H30ClN9O3S. The number of nitrogens with two attached hydrogens (primary N) is 1. The Kier molecular flexibility index (Phi) is 9.28. The van der Waals surface area contributed by atoms with Crippen LogP contribution in [0.15, 0.2) is 77.9 Å². The molecule has 0 spiro atoms. The van der Waals surface area contributed by atoms with Crippen LogP contribution in [0.5, 0.6) is 0 Å². The Morgan fingerprint density at radius 2 is 1.79 bits per heavy atom. The molecule has 1 amide bonds. The van der Waals surface area contributed by atoms with Gasteiger partial charge in [0.25, 0.3) is 11.5 Å². The van der Waals surface area contributed by atoms with Crippen LogP contribution in [0.3, 0.4) is 0 Å². The van der Waals surface area contributed by atoms with Gasteiger partial charge in [0.1, 0.15) is 17.3 Å². The number of carbonyl (C=O) groups excluding carboxylic acids is 2. The number of piperazine rings is 1. The summed E-state index contributed by atoms with van der Waals surface area (Å²) in [6.45, 7) is 3.67. The van der Waals surface area contributed by atoms with Crippen LogP contribution in [0, 0.1) is 11.3 Å². The minimum absolute atomic E-state index is 0.0789. The number of nitriles is 1. The number of hydrogen-bond donors (Lipinski definition) is 2. The number of amides is 1. The van der Waals surface area contributed by atoms with Crippen LogP contribution in [0.1, 0.15) is 31.2 Å². The Morgan fingerprint density at radius 1 is 1.04 bits per heavy atom. The molecule has 6 rings (SSSR count). The van der Waals surface area contributed by atoms with Gasteiger partial charge in [0.05, 0.1) is 23.2 Å². The summed E-state index contributed by atoms with van der Waals surface area (Å²) in [4.78, 5) is 49.4. The molecule has 14 heteroatoms. The highest BCUT2D eigenvalue weighted by Gasteiger charge is 2.28. The van der Waals surface area contributed by atoms with Gasteiger partial charge < -0.3 is 16.0 Å². The highest BCUT2D eigenvalue weighted by molar-refractivity contribution is 7.16. The van der Waals surface area contributed by atoms with Gasteiger partial charge in [-0.3, -0.25) is 28.8 Å². The first-order valence-electron chi connectivity index (χ1n) is 14.7. The molecular weight excluding hydrogens is 638 g/mol. The number of likely N-dealkylation sites (N-methyl/N-ethyl adjacent to an activating group) is 1. The topological polar surface area (TPSA) is 155 Å². The van der Waals surface area contributed by atoms with Crippen molar-refractivity contribution >= 4 is 40.6 Å². The molecule has 238 valence electrons. The van der Waals surface area contributed by atoms with E-state index in [2.05, 4.69) is 38.3 Å². The molecule has 0 radical (unpaired) electrons. The molecule has 0 atom stereocenters. The Morgan fingerprint density at radius 3 is 2.47 bits per heavy atom. The summed E-state index contributed by atoms with van der Waals surface area (Å²) in [5.41, 5.74) is 7.29. The molecule has 1 fully saturated rings. The van der Waals surface area contributed by atoms with Crippen LogP contribution in [0.25, 0.3) is 22.5 Å². The lowest BCUT2D eigenvalue weighted by Crippen LogP contribution is -2.46. The highest BCUT2D eigenvalue weighted by Crippen LogP contribution is 2.31. The van der Waals surface area contributed by atoms with Crippen molar-refractivity contribution in [3.8, 4) is 28.6 Å². The number of aromatic nitrogens is 4. The lowest BCUT2D eigenvalue weighted by Gasteiger charge is -2.33. The second kappa shape index (κ2) is 13.7. The van der Waals surface area contributed by atoms with Crippen LogP contribution in [-0.4, -0.2) is 74.2 Å². The Bertz CT molecular complexity index is 2060. The van der Waals surface area contributed by atoms with Gasteiger partial charge in [0, 0.05) is 60.1 Å². The van der Waals surface area contributed by atoms with E-state index < -0.39 is 11.8 Å². The molecule has 1 saturated heterocycles. The number of thiophene rings is 1. The predicted octanol–water partition coefficient (Wildman–Crippen LogP) is 3.96. The third-order valence-electron chi connectivity index (χ3n) is 7.99. The van der Waals surface area contributed by atoms with Gasteiger partial charge in [-0.15, -0.1) is 11.3 Å². The maximum atomic E-state index is 14.2. The van der Waals surface area contributed by atoms with Crippen molar-refractivity contribution in [1.29, 1.82) is 5.26 Å². The highest BCUT2D eigenvalue weighted by atomic mass is 35.5. The fourth-order valence-electron chi connectivity index (χ4n) is 5.42. The number of nitrogens with one attached hydrogen (secondary N) is 1. The second-order valence-corrected chi connectivity index (χ2v) is 12.9. The summed E-state index contributed by atoms with van der Waals surface area (Å²) in [5, 5.41) is 18.4. The monoisotopic (exact) mass is 667 g/mol. The Labute approximate surface area is 279 Å². The van der Waals surface area contributed by atoms with Crippen molar-refractivity contribution in [3.63, 3.8) is 0 Å². The first kappa shape index (κ1) is 31.8. The fraction of sp³-hybridized carbons (Fsp3) is 0.212. The number of benzene rings is 1. The van der Waals surface area contributed by atoms with Crippen LogP contribution < -0.4 is 16.6 Å². The van der Waals surface area contributed by atoms with E-state index in [1.807, 2.05) is 6.07 Å². The SMILES string of the molecule is CN1CCN(Cn2c(-c3nn(C(=O)c4cccc(C(N)=O)c4)c(NCc4ccc(Cl)s4)c3C#N)ccc(-c3ccncc3)c2=O)CC1. The van der Waals surface area contributed by atoms with E-state index in [1.54, 1.807) is 53.4 Å². The molecule has 1 aliphatic heterocycles. The Balaban J connectivity index is 1.51. The standard InChI is InChI=1S/C33H30ClN9O3S/c1-40-13-15-41(16-14-40)20-42-27(7-6-25(33(42)46)21-9-11-37-12-10-21)29-26(18-35)31(38-19-24-5-8-28(34)47-24)43(39-29)32(45)23-4-2-3-22(17-23)30(36)44/h2-12,17,38H,13-16,19-20H2,1H3,(H2,36,44). The zero-order valence-electron chi connectivity index (χ0n) is 25.4. The summed E-state index contributed by atoms with van der Waals surface area (Å²) < 4.78 is 3.30. The molecule has 4 aromatic heterocycles. The van der Waals surface area contributed by atoms with E-state index in [0.717, 1.165) is 35.7 Å². The minimum Gasteiger partial charge on any atom is -0.366 e. The van der Waals surface area contributed by atoms with E-state index in [-0.39, 0.29) is 47.0 Å². The first-order chi connectivity index (χ1) is 22.7. The third-order valence-corrected chi connectivity index (χ3v) is 9.22. The van der Waals surface area contributed by atoms with Crippen LogP contribution >= 0.6 is 22.9 Å². The van der Waals surface area contributed by atoms with Crippen molar-refractivity contribution in [2.24, 2.45) is 5.73 Å². The van der Waals surface area contributed by atoms with Gasteiger partial charge in [-0.1, -0.05) is 17.7 Å². The number of pyridine rings is 2. The minimum atomic E-state index is -0.686. The average molecular weight is 668 g/mol. The van der Waals surface area contributed by atoms with Gasteiger partial charge >= 0.3 is 0 Å². The van der Waals surface area contributed by atoms with Gasteiger partial charge in [-0.05, 0) is 67.2 Å². The molecule has 5 aromatic rings. The molecule has 5 heterocycles. The van der Waals surface area contributed by atoms with E-state index in [4.69, 9.17) is 17.3 Å². The van der Waals surface area contributed by atoms with Gasteiger partial charge in [0.2, 0.25) is 5.91 Å². The number of carbonyl (C=O) groups is 2. The molecule has 47 heavy (non-hydrogen) atoms. The Hall–Kier alpha value is -5.13. The third kappa shape index (κ3) is 6.72. The molecule has 1 aromatic carbocycles. The van der Waals surface area contributed by atoms with Crippen molar-refractivity contribution in [3.05, 3.63) is 109 Å². The van der Waals surface area contributed by atoms with E-state index in [1.165, 1.54) is 29.5 Å². The number of nitrogens with zero attached hydrogens (tertiary/aromatic N) is 7. The number of rotatable bonds is 9. The first-order valence-corrected chi connectivity index (χ1v) is 15.9. The maximum absolute atomic E-state index is 14.2. The zero-order valence-corrected chi connectivity index (χ0v) is 27.0. The van der Waals surface area contributed by atoms with Crippen molar-refractivity contribution < 1.29 is 9.59 Å². The number of primary amides is 1. The van der Waals surface area contributed by atoms with Crippen molar-refractivity contribution in [2.45, 2.75) is 13.2 Å². The molecule has 0 unspecified atom stereocenters. The summed E-state index contributed by atoms with van der Waals surface area (Å²) >= 11 is 7.51. The maximum Gasteiger partial charge on any atom is 0.280 e. The molecule has 12 nitrogen and oxygen atoms in total. The lowest BCUT2D eigenvalue weighted by molar-refractivity contribution is 0.0947. The largest absolute Gasteiger partial charge is 0.366 e. The molecule has 1 aliphatic rings. The zero-order chi connectivity index (χ0) is 33.1. The van der Waals surface area contributed by atoms with Gasteiger partial charge in [0.15, 0.2) is 5.82 Å². The fourth-order valence-corrected chi connectivity index (χ4v) is 6.45. The van der Waals surface area contributed by atoms with Crippen LogP contribution in [0.2, 0.25) is 4.34 Å². The van der Waals surface area contributed by atoms with Crippen molar-refractivity contribution in [1.82, 2.24) is 29.1 Å². The van der Waals surface area contributed by atoms with E-state index in [0.29, 0.717) is 21.2 Å². The number of anilines is 1. The average Bonchev–Trinajstić information content (AvgIpc) is 3.68. The summed E-state index contributed by atoms with van der Waals surface area (Å²) in [6, 6.07) is 18.8. The summed E-state index contributed by atoms with van der Waals surface area (Å²) in [5.74, 6) is -1.14. The van der Waals surface area contributed by atoms with E-state index in [9.17, 15) is 19.6 Å². The van der Waals surface area contributed by atoms with E-state index >= 15 is 0 Å². The molecule has 3 N–H and O–H groups in total.